The second kappa shape index (κ2) is 5.12. The molecule has 1 atom stereocenters. The predicted octanol–water partition coefficient (Wildman–Crippen LogP) is 0.955. The van der Waals surface area contributed by atoms with Crippen molar-refractivity contribution in [3.8, 4) is 0 Å². The summed E-state index contributed by atoms with van der Waals surface area (Å²) in [5.74, 6) is 1.34. The maximum Gasteiger partial charge on any atom is 0.131 e. The van der Waals surface area contributed by atoms with Gasteiger partial charge in [0.25, 0.3) is 0 Å². The number of nitrogens with one attached hydrogen (secondary N) is 1. The molecule has 1 aliphatic rings. The van der Waals surface area contributed by atoms with Gasteiger partial charge in [-0.1, -0.05) is 6.92 Å². The summed E-state index contributed by atoms with van der Waals surface area (Å²) in [5.41, 5.74) is 5.62. The Morgan fingerprint density at radius 2 is 2.44 bits per heavy atom. The monoisotopic (exact) mass is 221 g/mol. The summed E-state index contributed by atoms with van der Waals surface area (Å²) in [5, 5.41) is 3.41. The van der Waals surface area contributed by atoms with Crippen LogP contribution in [0.2, 0.25) is 0 Å². The van der Waals surface area contributed by atoms with E-state index in [1.54, 1.807) is 6.07 Å². The van der Waals surface area contributed by atoms with Crippen molar-refractivity contribution in [2.75, 3.05) is 30.7 Å². The molecule has 2 heterocycles. The number of likely N-dealkylation sites (N-methyl/N-ethyl adjacent to an activating group) is 1. The molecule has 1 saturated heterocycles. The molecule has 5 heteroatoms. The van der Waals surface area contributed by atoms with Crippen LogP contribution in [0.15, 0.2) is 12.4 Å². The molecule has 5 nitrogen and oxygen atoms in total. The van der Waals surface area contributed by atoms with Gasteiger partial charge in [0.1, 0.15) is 18.0 Å². The lowest BCUT2D eigenvalue weighted by Crippen LogP contribution is -2.41. The lowest BCUT2D eigenvalue weighted by molar-refractivity contribution is 0.226. The third-order valence-electron chi connectivity index (χ3n) is 2.99. The number of nitrogens with two attached hydrogens (primary N) is 1. The number of anilines is 2. The van der Waals surface area contributed by atoms with Crippen molar-refractivity contribution >= 4 is 11.6 Å². The standard InChI is InChI=1S/C11H19N5/c1-2-16-5-3-4-9(7-16)15-11-6-10(12)13-8-14-11/h6,8-9H,2-5,7H2,1H3,(H3,12,13,14,15). The minimum Gasteiger partial charge on any atom is -0.384 e. The van der Waals surface area contributed by atoms with Gasteiger partial charge in [0, 0.05) is 18.7 Å². The molecular formula is C11H19N5. The average Bonchev–Trinajstić information content (AvgIpc) is 2.29. The van der Waals surface area contributed by atoms with Crippen LogP contribution in [0.5, 0.6) is 0 Å². The number of hydrogen-bond acceptors (Lipinski definition) is 5. The van der Waals surface area contributed by atoms with E-state index in [0.29, 0.717) is 11.9 Å². The van der Waals surface area contributed by atoms with Gasteiger partial charge in [-0.25, -0.2) is 9.97 Å². The topological polar surface area (TPSA) is 67.1 Å². The Labute approximate surface area is 96.1 Å². The Morgan fingerprint density at radius 1 is 1.56 bits per heavy atom. The third kappa shape index (κ3) is 2.82. The van der Waals surface area contributed by atoms with Crippen molar-refractivity contribution in [1.82, 2.24) is 14.9 Å². The quantitative estimate of drug-likeness (QED) is 0.795. The molecule has 16 heavy (non-hydrogen) atoms. The van der Waals surface area contributed by atoms with Gasteiger partial charge >= 0.3 is 0 Å². The Bertz CT molecular complexity index is 341. The van der Waals surface area contributed by atoms with E-state index in [2.05, 4.69) is 27.1 Å². The van der Waals surface area contributed by atoms with Crippen molar-refractivity contribution in [3.05, 3.63) is 12.4 Å². The second-order valence-corrected chi connectivity index (χ2v) is 4.20. The molecule has 0 aromatic carbocycles. The van der Waals surface area contributed by atoms with Crippen molar-refractivity contribution in [2.45, 2.75) is 25.8 Å². The molecule has 0 radical (unpaired) electrons. The van der Waals surface area contributed by atoms with Gasteiger partial charge < -0.3 is 16.0 Å². The van der Waals surface area contributed by atoms with Gasteiger partial charge in [0.05, 0.1) is 0 Å². The van der Waals surface area contributed by atoms with Crippen LogP contribution in [0.25, 0.3) is 0 Å². The highest BCUT2D eigenvalue weighted by Crippen LogP contribution is 2.14. The zero-order valence-electron chi connectivity index (χ0n) is 9.69. The van der Waals surface area contributed by atoms with E-state index in [9.17, 15) is 0 Å². The van der Waals surface area contributed by atoms with Crippen molar-refractivity contribution in [2.24, 2.45) is 0 Å². The molecule has 3 N–H and O–H groups in total. The van der Waals surface area contributed by atoms with E-state index < -0.39 is 0 Å². The minimum atomic E-state index is 0.475. The number of aromatic nitrogens is 2. The zero-order chi connectivity index (χ0) is 11.4. The van der Waals surface area contributed by atoms with Gasteiger partial charge in [-0.2, -0.15) is 0 Å². The number of rotatable bonds is 3. The summed E-state index contributed by atoms with van der Waals surface area (Å²) in [7, 11) is 0. The van der Waals surface area contributed by atoms with Crippen LogP contribution in [0.4, 0.5) is 11.6 Å². The SMILES string of the molecule is CCN1CCCC(Nc2cc(N)ncn2)C1. The maximum absolute atomic E-state index is 5.62. The highest BCUT2D eigenvalue weighted by Gasteiger charge is 2.18. The molecule has 2 rings (SSSR count). The van der Waals surface area contributed by atoms with E-state index in [0.717, 1.165) is 18.9 Å². The Morgan fingerprint density at radius 3 is 3.19 bits per heavy atom. The van der Waals surface area contributed by atoms with Crippen molar-refractivity contribution in [3.63, 3.8) is 0 Å². The van der Waals surface area contributed by atoms with E-state index >= 15 is 0 Å². The summed E-state index contributed by atoms with van der Waals surface area (Å²) in [6.07, 6.45) is 3.94. The number of nitrogen functional groups attached to an aromatic ring is 1. The second-order valence-electron chi connectivity index (χ2n) is 4.20. The van der Waals surface area contributed by atoms with Gasteiger partial charge in [0.15, 0.2) is 0 Å². The molecule has 1 aromatic heterocycles. The van der Waals surface area contributed by atoms with E-state index in [4.69, 9.17) is 5.73 Å². The first-order chi connectivity index (χ1) is 7.78. The molecule has 1 aromatic rings. The average molecular weight is 221 g/mol. The molecule has 0 saturated carbocycles. The van der Waals surface area contributed by atoms with Crippen LogP contribution < -0.4 is 11.1 Å². The minimum absolute atomic E-state index is 0.475. The molecule has 1 fully saturated rings. The zero-order valence-corrected chi connectivity index (χ0v) is 9.69. The van der Waals surface area contributed by atoms with Crippen LogP contribution in [-0.2, 0) is 0 Å². The van der Waals surface area contributed by atoms with Crippen LogP contribution in [0, 0.1) is 0 Å². The van der Waals surface area contributed by atoms with E-state index in [1.807, 2.05) is 0 Å². The summed E-state index contributed by atoms with van der Waals surface area (Å²) >= 11 is 0. The summed E-state index contributed by atoms with van der Waals surface area (Å²) < 4.78 is 0. The number of nitrogens with zero attached hydrogens (tertiary/aromatic N) is 3. The molecule has 0 amide bonds. The Kier molecular flexibility index (Phi) is 3.56. The molecule has 0 aliphatic carbocycles. The van der Waals surface area contributed by atoms with Crippen LogP contribution in [-0.4, -0.2) is 40.5 Å². The van der Waals surface area contributed by atoms with Crippen molar-refractivity contribution < 1.29 is 0 Å². The number of piperidine rings is 1. The fraction of sp³-hybridized carbons (Fsp3) is 0.636. The summed E-state index contributed by atoms with van der Waals surface area (Å²) in [4.78, 5) is 10.5. The molecule has 0 spiro atoms. The largest absolute Gasteiger partial charge is 0.384 e. The first-order valence-electron chi connectivity index (χ1n) is 5.84. The van der Waals surface area contributed by atoms with Gasteiger partial charge in [-0.3, -0.25) is 0 Å². The first kappa shape index (κ1) is 11.1. The lowest BCUT2D eigenvalue weighted by Gasteiger charge is -2.32. The van der Waals surface area contributed by atoms with Crippen LogP contribution >= 0.6 is 0 Å². The molecule has 1 aliphatic heterocycles. The number of likely N-dealkylation sites (tertiary alicyclic amines) is 1. The van der Waals surface area contributed by atoms with E-state index in [-0.39, 0.29) is 0 Å². The van der Waals surface area contributed by atoms with Gasteiger partial charge in [0.2, 0.25) is 0 Å². The highest BCUT2D eigenvalue weighted by atomic mass is 15.2. The smallest absolute Gasteiger partial charge is 0.131 e. The lowest BCUT2D eigenvalue weighted by atomic mass is 10.1. The summed E-state index contributed by atoms with van der Waals surface area (Å²) in [6, 6.07) is 2.26. The molecule has 88 valence electrons. The molecule has 0 bridgehead atoms. The first-order valence-corrected chi connectivity index (χ1v) is 5.84. The van der Waals surface area contributed by atoms with Crippen molar-refractivity contribution in [1.29, 1.82) is 0 Å². The maximum atomic E-state index is 5.62. The number of hydrogen-bond donors (Lipinski definition) is 2. The molecular weight excluding hydrogens is 202 g/mol. The fourth-order valence-electron chi connectivity index (χ4n) is 2.12. The third-order valence-corrected chi connectivity index (χ3v) is 2.99. The van der Waals surface area contributed by atoms with Crippen LogP contribution in [0.1, 0.15) is 19.8 Å². The highest BCUT2D eigenvalue weighted by molar-refractivity contribution is 5.44. The normalized spacial score (nSPS) is 21.9. The Balaban J connectivity index is 1.94. The Hall–Kier alpha value is -1.36. The summed E-state index contributed by atoms with van der Waals surface area (Å²) in [6.45, 7) is 5.61. The van der Waals surface area contributed by atoms with Crippen LogP contribution in [0.3, 0.4) is 0 Å². The fourth-order valence-corrected chi connectivity index (χ4v) is 2.12. The van der Waals surface area contributed by atoms with E-state index in [1.165, 1.54) is 25.7 Å². The van der Waals surface area contributed by atoms with Gasteiger partial charge in [-0.05, 0) is 25.9 Å². The van der Waals surface area contributed by atoms with Gasteiger partial charge in [-0.15, -0.1) is 0 Å². The predicted molar refractivity (Wildman–Crippen MR) is 65.2 cm³/mol. The molecule has 1 unspecified atom stereocenters.